The molecular formula is C17H20ClN3S. The summed E-state index contributed by atoms with van der Waals surface area (Å²) in [7, 11) is 0. The van der Waals surface area contributed by atoms with Crippen LogP contribution in [0.4, 0.5) is 0 Å². The third kappa shape index (κ3) is 2.08. The number of nitrogens with zero attached hydrogens (tertiary/aromatic N) is 2. The van der Waals surface area contributed by atoms with Gasteiger partial charge in [0, 0.05) is 30.7 Å². The van der Waals surface area contributed by atoms with Gasteiger partial charge >= 0.3 is 0 Å². The van der Waals surface area contributed by atoms with E-state index in [0.29, 0.717) is 6.04 Å². The zero-order chi connectivity index (χ0) is 15.4. The molecule has 0 radical (unpaired) electrons. The first-order valence-electron chi connectivity index (χ1n) is 7.87. The highest BCUT2D eigenvalue weighted by Gasteiger charge is 2.34. The zero-order valence-corrected chi connectivity index (χ0v) is 14.5. The number of hydrogen-bond donors (Lipinski definition) is 1. The van der Waals surface area contributed by atoms with Gasteiger partial charge in [0.25, 0.3) is 0 Å². The zero-order valence-electron chi connectivity index (χ0n) is 12.9. The summed E-state index contributed by atoms with van der Waals surface area (Å²) in [6.45, 7) is 7.30. The van der Waals surface area contributed by atoms with Gasteiger partial charge in [0.1, 0.15) is 0 Å². The molecule has 2 aromatic rings. The van der Waals surface area contributed by atoms with Gasteiger partial charge in [0.15, 0.2) is 4.77 Å². The van der Waals surface area contributed by atoms with Crippen molar-refractivity contribution in [3.63, 3.8) is 0 Å². The quantitative estimate of drug-likeness (QED) is 0.640. The maximum Gasteiger partial charge on any atom is 0.178 e. The molecule has 1 aromatic heterocycles. The number of aromatic amines is 1. The Labute approximate surface area is 140 Å². The highest BCUT2D eigenvalue weighted by Crippen LogP contribution is 2.44. The van der Waals surface area contributed by atoms with E-state index in [1.54, 1.807) is 0 Å². The Bertz CT molecular complexity index is 842. The summed E-state index contributed by atoms with van der Waals surface area (Å²) in [5.74, 6) is 0. The highest BCUT2D eigenvalue weighted by atomic mass is 35.5. The highest BCUT2D eigenvalue weighted by molar-refractivity contribution is 7.71. The SMILES string of the molecule is CC(C)=CCN1CCn2c(=S)[nH]c3cc(Cl)c4c(c32)C1CC4. The van der Waals surface area contributed by atoms with Crippen molar-refractivity contribution in [2.45, 2.75) is 39.3 Å². The summed E-state index contributed by atoms with van der Waals surface area (Å²) in [6, 6.07) is 2.52. The summed E-state index contributed by atoms with van der Waals surface area (Å²) in [4.78, 5) is 5.91. The van der Waals surface area contributed by atoms with E-state index in [1.165, 1.54) is 22.2 Å². The summed E-state index contributed by atoms with van der Waals surface area (Å²) >= 11 is 12.1. The molecule has 2 aliphatic rings. The van der Waals surface area contributed by atoms with Gasteiger partial charge in [0.2, 0.25) is 0 Å². The van der Waals surface area contributed by atoms with Crippen LogP contribution < -0.4 is 0 Å². The fourth-order valence-corrected chi connectivity index (χ4v) is 4.49. The molecule has 22 heavy (non-hydrogen) atoms. The lowest BCUT2D eigenvalue weighted by Crippen LogP contribution is -2.29. The molecule has 1 aliphatic heterocycles. The van der Waals surface area contributed by atoms with Crippen LogP contribution in [0.5, 0.6) is 0 Å². The normalized spacial score (nSPS) is 20.4. The van der Waals surface area contributed by atoms with E-state index in [1.807, 2.05) is 0 Å². The van der Waals surface area contributed by atoms with E-state index in [4.69, 9.17) is 23.8 Å². The van der Waals surface area contributed by atoms with E-state index < -0.39 is 0 Å². The number of allylic oxidation sites excluding steroid dienone is 1. The average Bonchev–Trinajstić information content (AvgIpc) is 2.96. The number of H-pyrrole nitrogens is 1. The topological polar surface area (TPSA) is 24.0 Å². The first-order valence-corrected chi connectivity index (χ1v) is 8.66. The average molecular weight is 334 g/mol. The molecule has 1 N–H and O–H groups in total. The van der Waals surface area contributed by atoms with E-state index in [0.717, 1.165) is 47.8 Å². The lowest BCUT2D eigenvalue weighted by atomic mass is 10.0. The number of aromatic nitrogens is 2. The van der Waals surface area contributed by atoms with Gasteiger partial charge < -0.3 is 9.55 Å². The minimum absolute atomic E-state index is 0.464. The van der Waals surface area contributed by atoms with Crippen LogP contribution in [0.3, 0.4) is 0 Å². The predicted molar refractivity (Wildman–Crippen MR) is 94.2 cm³/mol. The molecule has 1 unspecified atom stereocenters. The molecule has 0 spiro atoms. The van der Waals surface area contributed by atoms with E-state index in [2.05, 4.69) is 40.4 Å². The van der Waals surface area contributed by atoms with Crippen molar-refractivity contribution < 1.29 is 0 Å². The number of imidazole rings is 1. The van der Waals surface area contributed by atoms with Gasteiger partial charge in [-0.15, -0.1) is 0 Å². The number of benzene rings is 1. The van der Waals surface area contributed by atoms with Crippen LogP contribution in [0.2, 0.25) is 5.02 Å². The van der Waals surface area contributed by atoms with Crippen molar-refractivity contribution in [3.8, 4) is 0 Å². The van der Waals surface area contributed by atoms with Crippen LogP contribution in [-0.2, 0) is 13.0 Å². The Balaban J connectivity index is 1.92. The molecule has 0 amide bonds. The van der Waals surface area contributed by atoms with Crippen LogP contribution in [-0.4, -0.2) is 27.5 Å². The fourth-order valence-electron chi connectivity index (χ4n) is 3.89. The largest absolute Gasteiger partial charge is 0.331 e. The predicted octanol–water partition coefficient (Wildman–Crippen LogP) is 4.62. The van der Waals surface area contributed by atoms with Crippen molar-refractivity contribution in [1.82, 2.24) is 14.5 Å². The van der Waals surface area contributed by atoms with Crippen molar-refractivity contribution in [2.75, 3.05) is 13.1 Å². The second-order valence-electron chi connectivity index (χ2n) is 6.56. The van der Waals surface area contributed by atoms with Gasteiger partial charge in [-0.25, -0.2) is 0 Å². The maximum atomic E-state index is 6.53. The van der Waals surface area contributed by atoms with Gasteiger partial charge in [-0.1, -0.05) is 23.3 Å². The first kappa shape index (κ1) is 14.5. The van der Waals surface area contributed by atoms with Crippen LogP contribution in [0.15, 0.2) is 17.7 Å². The fraction of sp³-hybridized carbons (Fsp3) is 0.471. The van der Waals surface area contributed by atoms with Crippen LogP contribution >= 0.6 is 23.8 Å². The molecule has 0 saturated heterocycles. The Morgan fingerprint density at radius 2 is 2.27 bits per heavy atom. The third-order valence-electron chi connectivity index (χ3n) is 4.94. The lowest BCUT2D eigenvalue weighted by Gasteiger charge is -2.26. The molecule has 2 heterocycles. The molecule has 1 aromatic carbocycles. The molecule has 1 aliphatic carbocycles. The van der Waals surface area contributed by atoms with Crippen LogP contribution in [0, 0.1) is 4.77 Å². The number of nitrogens with one attached hydrogen (secondary N) is 1. The summed E-state index contributed by atoms with van der Waals surface area (Å²) in [6.07, 6.45) is 4.54. The number of hydrogen-bond acceptors (Lipinski definition) is 2. The third-order valence-corrected chi connectivity index (χ3v) is 5.60. The van der Waals surface area contributed by atoms with Gasteiger partial charge in [-0.05, 0) is 56.1 Å². The van der Waals surface area contributed by atoms with Crippen molar-refractivity contribution in [1.29, 1.82) is 0 Å². The first-order chi connectivity index (χ1) is 10.6. The summed E-state index contributed by atoms with van der Waals surface area (Å²) in [5.41, 5.74) is 6.48. The Morgan fingerprint density at radius 1 is 1.45 bits per heavy atom. The molecular weight excluding hydrogens is 314 g/mol. The summed E-state index contributed by atoms with van der Waals surface area (Å²) < 4.78 is 3.08. The van der Waals surface area contributed by atoms with E-state index in [-0.39, 0.29) is 0 Å². The molecule has 5 heteroatoms. The molecule has 0 saturated carbocycles. The number of rotatable bonds is 2. The van der Waals surface area contributed by atoms with Crippen LogP contribution in [0.1, 0.15) is 37.4 Å². The Morgan fingerprint density at radius 3 is 3.05 bits per heavy atom. The van der Waals surface area contributed by atoms with Crippen molar-refractivity contribution in [3.05, 3.63) is 38.6 Å². The van der Waals surface area contributed by atoms with Crippen molar-refractivity contribution in [2.24, 2.45) is 0 Å². The molecule has 0 fully saturated rings. The van der Waals surface area contributed by atoms with E-state index >= 15 is 0 Å². The lowest BCUT2D eigenvalue weighted by molar-refractivity contribution is 0.217. The maximum absolute atomic E-state index is 6.53. The van der Waals surface area contributed by atoms with Gasteiger partial charge in [0.05, 0.1) is 11.0 Å². The molecule has 0 bridgehead atoms. The minimum Gasteiger partial charge on any atom is -0.331 e. The molecule has 4 rings (SSSR count). The molecule has 1 atom stereocenters. The van der Waals surface area contributed by atoms with Gasteiger partial charge in [-0.3, -0.25) is 4.90 Å². The smallest absolute Gasteiger partial charge is 0.178 e. The van der Waals surface area contributed by atoms with E-state index in [9.17, 15) is 0 Å². The standard InChI is InChI=1S/C17H20ClN3S/c1-10(2)5-6-20-7-8-21-16-13(19-17(21)22)9-12(18)11-3-4-14(20)15(11)16/h5,9,14H,3-4,6-8H2,1-2H3,(H,19,22). The minimum atomic E-state index is 0.464. The number of halogens is 1. The second-order valence-corrected chi connectivity index (χ2v) is 7.35. The monoisotopic (exact) mass is 333 g/mol. The Hall–Kier alpha value is -1.10. The Kier molecular flexibility index (Phi) is 3.44. The van der Waals surface area contributed by atoms with Gasteiger partial charge in [-0.2, -0.15) is 0 Å². The van der Waals surface area contributed by atoms with Crippen LogP contribution in [0.25, 0.3) is 11.0 Å². The van der Waals surface area contributed by atoms with Crippen molar-refractivity contribution >= 4 is 34.9 Å². The second kappa shape index (κ2) is 5.22. The molecule has 3 nitrogen and oxygen atoms in total. The summed E-state index contributed by atoms with van der Waals surface area (Å²) in [5, 5.41) is 0.887. The molecule has 116 valence electrons.